The number of nitrogens with zero attached hydrogens (tertiary/aromatic N) is 1. The third-order valence-electron chi connectivity index (χ3n) is 7.30. The van der Waals surface area contributed by atoms with Gasteiger partial charge in [-0.1, -0.05) is 48.0 Å². The van der Waals surface area contributed by atoms with Gasteiger partial charge >= 0.3 is 0 Å². The maximum absolute atomic E-state index is 14.5. The van der Waals surface area contributed by atoms with Gasteiger partial charge in [-0.25, -0.2) is 17.2 Å². The Morgan fingerprint density at radius 3 is 2.24 bits per heavy atom. The van der Waals surface area contributed by atoms with Crippen LogP contribution in [0.5, 0.6) is 0 Å². The lowest BCUT2D eigenvalue weighted by Crippen LogP contribution is -2.37. The predicted octanol–water partition coefficient (Wildman–Crippen LogP) is 5.54. The molecule has 0 saturated heterocycles. The van der Waals surface area contributed by atoms with E-state index in [0.717, 1.165) is 42.2 Å². The van der Waals surface area contributed by atoms with Gasteiger partial charge in [0.1, 0.15) is 11.6 Å². The lowest BCUT2D eigenvalue weighted by molar-refractivity contribution is -0.121. The molecule has 37 heavy (non-hydrogen) atoms. The zero-order valence-corrected chi connectivity index (χ0v) is 21.6. The first-order valence-corrected chi connectivity index (χ1v) is 13.9. The van der Waals surface area contributed by atoms with Gasteiger partial charge in [0.2, 0.25) is 15.9 Å². The van der Waals surface area contributed by atoms with E-state index in [-0.39, 0.29) is 41.3 Å². The minimum Gasteiger partial charge on any atom is -0.369 e. The molecule has 0 spiro atoms. The van der Waals surface area contributed by atoms with E-state index in [4.69, 9.17) is 5.73 Å². The van der Waals surface area contributed by atoms with E-state index in [1.165, 1.54) is 16.4 Å². The van der Waals surface area contributed by atoms with Crippen LogP contribution in [0, 0.1) is 30.4 Å². The van der Waals surface area contributed by atoms with Gasteiger partial charge < -0.3 is 5.73 Å². The summed E-state index contributed by atoms with van der Waals surface area (Å²) in [6.07, 6.45) is 2.85. The maximum atomic E-state index is 14.5. The molecule has 0 bridgehead atoms. The second-order valence-corrected chi connectivity index (χ2v) is 11.9. The number of rotatable bonds is 9. The molecule has 0 heterocycles. The Hall–Kier alpha value is -3.10. The molecule has 8 heteroatoms. The minimum absolute atomic E-state index is 0.0119. The standard InChI is InChI=1S/C29H32F2N2O3S/c1-20-7-11-22(12-8-20)28(29(32)34)23-13-9-21(10-14-23)18-33(19-24-17-25(30)15-16-27(24)31)37(35,36)26-5-3-2-4-6-26/h2-8,11-12,15-17,21,23,28H,9-10,13-14,18-19H2,1H3,(H2,32,34). The molecular weight excluding hydrogens is 494 g/mol. The molecular formula is C29H32F2N2O3S. The van der Waals surface area contributed by atoms with Gasteiger partial charge in [-0.2, -0.15) is 4.31 Å². The molecule has 4 rings (SSSR count). The van der Waals surface area contributed by atoms with Gasteiger partial charge in [-0.05, 0) is 80.3 Å². The normalized spacial score (nSPS) is 19.0. The summed E-state index contributed by atoms with van der Waals surface area (Å²) in [7, 11) is -3.95. The molecule has 1 aliphatic rings. The highest BCUT2D eigenvalue weighted by Crippen LogP contribution is 2.39. The van der Waals surface area contributed by atoms with E-state index < -0.39 is 27.6 Å². The van der Waals surface area contributed by atoms with Crippen molar-refractivity contribution < 1.29 is 22.0 Å². The van der Waals surface area contributed by atoms with Crippen molar-refractivity contribution in [2.45, 2.75) is 50.0 Å². The lowest BCUT2D eigenvalue weighted by Gasteiger charge is -2.35. The fraction of sp³-hybridized carbons (Fsp3) is 0.345. The second-order valence-electron chi connectivity index (χ2n) is 9.92. The summed E-state index contributed by atoms with van der Waals surface area (Å²) in [6.45, 7) is 1.89. The number of benzene rings is 3. The van der Waals surface area contributed by atoms with E-state index >= 15 is 0 Å². The van der Waals surface area contributed by atoms with Crippen LogP contribution in [0.2, 0.25) is 0 Å². The number of nitrogens with two attached hydrogens (primary N) is 1. The first-order chi connectivity index (χ1) is 17.6. The molecule has 196 valence electrons. The van der Waals surface area contributed by atoms with Gasteiger partial charge in [0.05, 0.1) is 10.8 Å². The van der Waals surface area contributed by atoms with E-state index in [0.29, 0.717) is 12.8 Å². The largest absolute Gasteiger partial charge is 0.369 e. The van der Waals surface area contributed by atoms with E-state index in [9.17, 15) is 22.0 Å². The first-order valence-electron chi connectivity index (χ1n) is 12.5. The number of aryl methyl sites for hydroxylation is 1. The second kappa shape index (κ2) is 11.5. The number of hydrogen-bond acceptors (Lipinski definition) is 3. The Balaban J connectivity index is 1.52. The molecule has 1 atom stereocenters. The van der Waals surface area contributed by atoms with E-state index in [1.807, 2.05) is 31.2 Å². The number of amides is 1. The van der Waals surface area contributed by atoms with Crippen molar-refractivity contribution >= 4 is 15.9 Å². The molecule has 0 radical (unpaired) electrons. The molecule has 1 unspecified atom stereocenters. The molecule has 1 aliphatic carbocycles. The average molecular weight is 527 g/mol. The molecule has 1 amide bonds. The fourth-order valence-corrected chi connectivity index (χ4v) is 6.79. The zero-order valence-electron chi connectivity index (χ0n) is 20.8. The Kier molecular flexibility index (Phi) is 8.39. The summed E-state index contributed by atoms with van der Waals surface area (Å²) in [5.74, 6) is -1.95. The summed E-state index contributed by atoms with van der Waals surface area (Å²) < 4.78 is 56.6. The van der Waals surface area contributed by atoms with Crippen molar-refractivity contribution in [1.82, 2.24) is 4.31 Å². The zero-order chi connectivity index (χ0) is 26.6. The molecule has 3 aromatic rings. The van der Waals surface area contributed by atoms with Crippen LogP contribution in [0.1, 0.15) is 48.3 Å². The number of primary amides is 1. The lowest BCUT2D eigenvalue weighted by atomic mass is 9.73. The van der Waals surface area contributed by atoms with Gasteiger partial charge in [0, 0.05) is 18.7 Å². The number of halogens is 2. The highest BCUT2D eigenvalue weighted by atomic mass is 32.2. The van der Waals surface area contributed by atoms with Crippen molar-refractivity contribution in [2.75, 3.05) is 6.54 Å². The van der Waals surface area contributed by atoms with Gasteiger partial charge in [-0.3, -0.25) is 4.79 Å². The molecule has 3 aromatic carbocycles. The van der Waals surface area contributed by atoms with E-state index in [2.05, 4.69) is 0 Å². The molecule has 0 aliphatic heterocycles. The molecule has 0 aromatic heterocycles. The maximum Gasteiger partial charge on any atom is 0.243 e. The van der Waals surface area contributed by atoms with Crippen molar-refractivity contribution in [2.24, 2.45) is 17.6 Å². The van der Waals surface area contributed by atoms with Crippen LogP contribution in [0.3, 0.4) is 0 Å². The minimum atomic E-state index is -3.95. The molecule has 2 N–H and O–H groups in total. The van der Waals surface area contributed by atoms with Crippen molar-refractivity contribution in [3.8, 4) is 0 Å². The predicted molar refractivity (Wildman–Crippen MR) is 139 cm³/mol. The summed E-state index contributed by atoms with van der Waals surface area (Å²) in [4.78, 5) is 12.5. The fourth-order valence-electron chi connectivity index (χ4n) is 5.28. The topological polar surface area (TPSA) is 80.5 Å². The number of hydrogen-bond donors (Lipinski definition) is 1. The van der Waals surface area contributed by atoms with Crippen LogP contribution in [0.25, 0.3) is 0 Å². The highest BCUT2D eigenvalue weighted by Gasteiger charge is 2.34. The van der Waals surface area contributed by atoms with Gasteiger partial charge in [-0.15, -0.1) is 0 Å². The number of carbonyl (C=O) groups excluding carboxylic acids is 1. The van der Waals surface area contributed by atoms with Crippen LogP contribution in [-0.4, -0.2) is 25.2 Å². The molecule has 5 nitrogen and oxygen atoms in total. The third kappa shape index (κ3) is 6.43. The van der Waals surface area contributed by atoms with Crippen LogP contribution in [-0.2, 0) is 21.4 Å². The average Bonchev–Trinajstić information content (AvgIpc) is 2.88. The highest BCUT2D eigenvalue weighted by molar-refractivity contribution is 7.89. The smallest absolute Gasteiger partial charge is 0.243 e. The van der Waals surface area contributed by atoms with Crippen molar-refractivity contribution in [1.29, 1.82) is 0 Å². The quantitative estimate of drug-likeness (QED) is 0.398. The van der Waals surface area contributed by atoms with Crippen LogP contribution in [0.4, 0.5) is 8.78 Å². The number of sulfonamides is 1. The Labute approximate surface area is 217 Å². The van der Waals surface area contributed by atoms with Gasteiger partial charge in [0.25, 0.3) is 0 Å². The molecule has 1 fully saturated rings. The summed E-state index contributed by atoms with van der Waals surface area (Å²) >= 11 is 0. The van der Waals surface area contributed by atoms with E-state index in [1.54, 1.807) is 18.2 Å². The van der Waals surface area contributed by atoms with Crippen LogP contribution >= 0.6 is 0 Å². The Bertz CT molecular complexity index is 1320. The number of carbonyl (C=O) groups is 1. The van der Waals surface area contributed by atoms with Crippen molar-refractivity contribution in [3.05, 3.63) is 101 Å². The van der Waals surface area contributed by atoms with Crippen LogP contribution in [0.15, 0.2) is 77.7 Å². The Morgan fingerprint density at radius 1 is 0.973 bits per heavy atom. The molecule has 1 saturated carbocycles. The summed E-state index contributed by atoms with van der Waals surface area (Å²) in [5.41, 5.74) is 7.78. The van der Waals surface area contributed by atoms with Crippen LogP contribution < -0.4 is 5.73 Å². The summed E-state index contributed by atoms with van der Waals surface area (Å²) in [5, 5.41) is 0. The third-order valence-corrected chi connectivity index (χ3v) is 9.13. The monoisotopic (exact) mass is 526 g/mol. The SMILES string of the molecule is Cc1ccc(C(C(N)=O)C2CCC(CN(Cc3cc(F)ccc3F)S(=O)(=O)c3ccccc3)CC2)cc1. The first kappa shape index (κ1) is 26.9. The van der Waals surface area contributed by atoms with Crippen molar-refractivity contribution in [3.63, 3.8) is 0 Å². The Morgan fingerprint density at radius 2 is 1.62 bits per heavy atom. The van der Waals surface area contributed by atoms with Gasteiger partial charge in [0.15, 0.2) is 0 Å². The summed E-state index contributed by atoms with van der Waals surface area (Å²) in [6, 6.07) is 18.9.